The smallest absolute Gasteiger partial charge is 0.306 e. The van der Waals surface area contributed by atoms with E-state index < -0.39 is 28.0 Å². The molecule has 7 nitrogen and oxygen atoms in total. The van der Waals surface area contributed by atoms with Gasteiger partial charge in [0.05, 0.1) is 32.6 Å². The summed E-state index contributed by atoms with van der Waals surface area (Å²) in [5.74, 6) is 0.375. The summed E-state index contributed by atoms with van der Waals surface area (Å²) in [5, 5.41) is 0. The van der Waals surface area contributed by atoms with Gasteiger partial charge in [-0.15, -0.1) is 0 Å². The van der Waals surface area contributed by atoms with Crippen molar-refractivity contribution in [3.8, 4) is 11.5 Å². The first kappa shape index (κ1) is 26.0. The summed E-state index contributed by atoms with van der Waals surface area (Å²) < 4.78 is 44.6. The Morgan fingerprint density at radius 3 is 1.97 bits per heavy atom. The van der Waals surface area contributed by atoms with Crippen molar-refractivity contribution in [2.24, 2.45) is 0 Å². The van der Waals surface area contributed by atoms with E-state index in [0.29, 0.717) is 11.5 Å². The number of nitrogens with one attached hydrogen (secondary N) is 1. The zero-order valence-corrected chi connectivity index (χ0v) is 20.7. The molecule has 0 spiro atoms. The van der Waals surface area contributed by atoms with Crippen LogP contribution in [-0.4, -0.2) is 41.8 Å². The molecule has 0 bridgehead atoms. The lowest BCUT2D eigenvalue weighted by atomic mass is 9.88. The Hall–Kier alpha value is -3.62. The summed E-state index contributed by atoms with van der Waals surface area (Å²) in [6, 6.07) is 21.9. The molecule has 0 aliphatic carbocycles. The van der Waals surface area contributed by atoms with Crippen LogP contribution in [-0.2, 0) is 19.6 Å². The quantitative estimate of drug-likeness (QED) is 0.396. The second kappa shape index (κ2) is 12.2. The van der Waals surface area contributed by atoms with Crippen molar-refractivity contribution in [3.63, 3.8) is 0 Å². The minimum absolute atomic E-state index is 0.0300. The van der Waals surface area contributed by atoms with Gasteiger partial charge in [0.2, 0.25) is 10.0 Å². The number of methoxy groups -OCH3 is 3. The fourth-order valence-corrected chi connectivity index (χ4v) is 4.85. The van der Waals surface area contributed by atoms with Gasteiger partial charge >= 0.3 is 5.97 Å². The minimum Gasteiger partial charge on any atom is -0.497 e. The van der Waals surface area contributed by atoms with E-state index in [1.807, 2.05) is 42.5 Å². The Balaban J connectivity index is 2.03. The van der Waals surface area contributed by atoms with Gasteiger partial charge in [-0.3, -0.25) is 4.79 Å². The third-order valence-corrected chi connectivity index (χ3v) is 7.02. The van der Waals surface area contributed by atoms with Gasteiger partial charge in [0, 0.05) is 12.0 Å². The van der Waals surface area contributed by atoms with Gasteiger partial charge < -0.3 is 14.2 Å². The van der Waals surface area contributed by atoms with Crippen molar-refractivity contribution < 1.29 is 27.4 Å². The summed E-state index contributed by atoms with van der Waals surface area (Å²) in [4.78, 5) is 12.5. The Kier molecular flexibility index (Phi) is 9.05. The number of ether oxygens (including phenoxy) is 3. The molecule has 0 amide bonds. The van der Waals surface area contributed by atoms with E-state index in [0.717, 1.165) is 11.1 Å². The van der Waals surface area contributed by atoms with E-state index in [1.165, 1.54) is 19.2 Å². The predicted molar refractivity (Wildman–Crippen MR) is 135 cm³/mol. The lowest BCUT2D eigenvalue weighted by Gasteiger charge is -2.26. The van der Waals surface area contributed by atoms with E-state index in [1.54, 1.807) is 50.6 Å². The number of hydrogen-bond donors (Lipinski definition) is 1. The van der Waals surface area contributed by atoms with Gasteiger partial charge in [-0.2, -0.15) is 0 Å². The molecule has 35 heavy (non-hydrogen) atoms. The van der Waals surface area contributed by atoms with Gasteiger partial charge in [0.1, 0.15) is 11.5 Å². The Labute approximate surface area is 206 Å². The average Bonchev–Trinajstić information content (AvgIpc) is 2.90. The first-order valence-corrected chi connectivity index (χ1v) is 12.4. The molecule has 0 heterocycles. The largest absolute Gasteiger partial charge is 0.497 e. The molecule has 0 aromatic heterocycles. The highest BCUT2D eigenvalue weighted by Crippen LogP contribution is 2.29. The number of rotatable bonds is 11. The molecule has 0 unspecified atom stereocenters. The highest BCUT2D eigenvalue weighted by Gasteiger charge is 2.29. The second-order valence-corrected chi connectivity index (χ2v) is 9.47. The lowest BCUT2D eigenvalue weighted by Crippen LogP contribution is -2.38. The SMILES string of the molecule is COC(=O)C[C@@H](c1ccc(OC)cc1)[C@@H](/C=C/c1ccc(OC)cc1)NS(=O)(=O)c1ccccc1. The molecule has 0 fully saturated rings. The van der Waals surface area contributed by atoms with Crippen LogP contribution in [0.4, 0.5) is 0 Å². The van der Waals surface area contributed by atoms with Crippen LogP contribution in [0.2, 0.25) is 0 Å². The van der Waals surface area contributed by atoms with Crippen molar-refractivity contribution in [3.05, 3.63) is 96.1 Å². The molecule has 3 rings (SSSR count). The summed E-state index contributed by atoms with van der Waals surface area (Å²) in [6.45, 7) is 0. The van der Waals surface area contributed by atoms with Gasteiger partial charge in [0.25, 0.3) is 0 Å². The Bertz CT molecular complexity index is 1220. The lowest BCUT2D eigenvalue weighted by molar-refractivity contribution is -0.141. The van der Waals surface area contributed by atoms with Crippen LogP contribution in [0.25, 0.3) is 6.08 Å². The second-order valence-electron chi connectivity index (χ2n) is 7.75. The topological polar surface area (TPSA) is 90.9 Å². The maximum absolute atomic E-state index is 13.2. The molecule has 2 atom stereocenters. The summed E-state index contributed by atoms with van der Waals surface area (Å²) >= 11 is 0. The molecular formula is C27H29NO6S. The Morgan fingerprint density at radius 1 is 0.857 bits per heavy atom. The first-order valence-electron chi connectivity index (χ1n) is 11.0. The first-order chi connectivity index (χ1) is 16.9. The zero-order valence-electron chi connectivity index (χ0n) is 19.9. The van der Waals surface area contributed by atoms with Gasteiger partial charge in [-0.05, 0) is 47.5 Å². The van der Waals surface area contributed by atoms with Crippen LogP contribution < -0.4 is 14.2 Å². The normalized spacial score (nSPS) is 13.2. The summed E-state index contributed by atoms with van der Waals surface area (Å²) in [6.07, 6.45) is 3.53. The van der Waals surface area contributed by atoms with E-state index in [-0.39, 0.29) is 11.3 Å². The van der Waals surface area contributed by atoms with Gasteiger partial charge in [-0.1, -0.05) is 54.6 Å². The predicted octanol–water partition coefficient (Wildman–Crippen LogP) is 4.41. The van der Waals surface area contributed by atoms with Crippen molar-refractivity contribution in [2.75, 3.05) is 21.3 Å². The molecule has 0 aliphatic heterocycles. The maximum Gasteiger partial charge on any atom is 0.306 e. The van der Waals surface area contributed by atoms with Crippen LogP contribution >= 0.6 is 0 Å². The van der Waals surface area contributed by atoms with Crippen LogP contribution in [0.5, 0.6) is 11.5 Å². The summed E-state index contributed by atoms with van der Waals surface area (Å²) in [5.41, 5.74) is 1.61. The molecule has 0 saturated heterocycles. The van der Waals surface area contributed by atoms with Crippen molar-refractivity contribution >= 4 is 22.1 Å². The standard InChI is InChI=1S/C27H29NO6S/c1-32-22-14-9-20(10-15-22)11-18-26(28-35(30,31)24-7-5-4-6-8-24)25(19-27(29)34-3)21-12-16-23(33-2)17-13-21/h4-18,25-26,28H,19H2,1-3H3/b18-11+/t25-,26+/m0/s1. The van der Waals surface area contributed by atoms with E-state index in [2.05, 4.69) is 4.72 Å². The van der Waals surface area contributed by atoms with E-state index in [4.69, 9.17) is 14.2 Å². The molecule has 0 radical (unpaired) electrons. The van der Waals surface area contributed by atoms with Crippen LogP contribution in [0.3, 0.4) is 0 Å². The molecular weight excluding hydrogens is 466 g/mol. The molecule has 0 saturated carbocycles. The van der Waals surface area contributed by atoms with Crippen molar-refractivity contribution in [2.45, 2.75) is 23.3 Å². The fraction of sp³-hybridized carbons (Fsp3) is 0.222. The third kappa shape index (κ3) is 7.18. The van der Waals surface area contributed by atoms with Crippen molar-refractivity contribution in [1.29, 1.82) is 0 Å². The number of benzene rings is 3. The van der Waals surface area contributed by atoms with E-state index >= 15 is 0 Å². The molecule has 1 N–H and O–H groups in total. The number of esters is 1. The summed E-state index contributed by atoms with van der Waals surface area (Å²) in [7, 11) is 0.582. The van der Waals surface area contributed by atoms with Crippen LogP contribution in [0.1, 0.15) is 23.5 Å². The number of carbonyl (C=O) groups excluding carboxylic acids is 1. The molecule has 8 heteroatoms. The van der Waals surface area contributed by atoms with Gasteiger partial charge in [-0.25, -0.2) is 13.1 Å². The van der Waals surface area contributed by atoms with Gasteiger partial charge in [0.15, 0.2) is 0 Å². The number of sulfonamides is 1. The molecule has 184 valence electrons. The van der Waals surface area contributed by atoms with Crippen LogP contribution in [0, 0.1) is 0 Å². The monoisotopic (exact) mass is 495 g/mol. The third-order valence-electron chi connectivity index (χ3n) is 5.55. The fourth-order valence-electron chi connectivity index (χ4n) is 3.60. The molecule has 3 aromatic carbocycles. The zero-order chi connectivity index (χ0) is 25.3. The van der Waals surface area contributed by atoms with Crippen LogP contribution in [0.15, 0.2) is 89.8 Å². The molecule has 0 aliphatic rings. The highest BCUT2D eigenvalue weighted by atomic mass is 32.2. The minimum atomic E-state index is -3.88. The highest BCUT2D eigenvalue weighted by molar-refractivity contribution is 7.89. The average molecular weight is 496 g/mol. The maximum atomic E-state index is 13.2. The molecule has 3 aromatic rings. The number of hydrogen-bond acceptors (Lipinski definition) is 6. The van der Waals surface area contributed by atoms with E-state index in [9.17, 15) is 13.2 Å². The Morgan fingerprint density at radius 2 is 1.43 bits per heavy atom. The number of carbonyl (C=O) groups is 1. The van der Waals surface area contributed by atoms with Crippen molar-refractivity contribution in [1.82, 2.24) is 4.72 Å².